The average Bonchev–Trinajstić information content (AvgIpc) is 0.824. The van der Waals surface area contributed by atoms with E-state index in [2.05, 4.69) is 78.9 Å². The average molecular weight is 1700 g/mol. The van der Waals surface area contributed by atoms with Crippen LogP contribution in [0, 0.1) is 19.7 Å². The SMILES string of the molecule is Cc1ccc(COc2cccc3nc(N)nc(N)c23)cc1.Cc1ccc(Oc2cccc3nc(N)nc(N)c23)cc1.Nc1nc(N)c2c(OCc3ccc(C(F)(F)F)cc3)cccc2n1.Nc1nc(N)c2c(OCc3ccc(Cl)cc3)cccc2n1.Nc1nc(N)c2c(Oc3ccc(F)cc3)cccc2n1.Nc1nc(N)c2c(Oc3ccccc3)cccc2n1. The molecule has 0 bridgehead atoms. The highest BCUT2D eigenvalue weighted by Crippen LogP contribution is 2.39. The van der Waals surface area contributed by atoms with E-state index < -0.39 is 11.7 Å². The molecule has 12 aromatic carbocycles. The molecule has 30 nitrogen and oxygen atoms in total. The summed E-state index contributed by atoms with van der Waals surface area (Å²) in [5.74, 6) is 7.54. The molecule has 0 radical (unpaired) electrons. The van der Waals surface area contributed by atoms with Crippen LogP contribution < -0.4 is 97.2 Å². The topological polar surface area (TPSA) is 522 Å². The molecule has 6 aromatic heterocycles. The molecule has 18 rings (SSSR count). The minimum Gasteiger partial charge on any atom is -0.488 e. The number of alkyl halides is 3. The molecule has 630 valence electrons. The Morgan fingerprint density at radius 2 is 0.504 bits per heavy atom. The Labute approximate surface area is 715 Å². The molecule has 0 aliphatic rings. The molecule has 24 N–H and O–H groups in total. The van der Waals surface area contributed by atoms with Crippen LogP contribution in [0.2, 0.25) is 5.02 Å². The third-order valence-electron chi connectivity index (χ3n) is 18.1. The maximum Gasteiger partial charge on any atom is 0.416 e. The number of benzene rings is 12. The predicted octanol–water partition coefficient (Wildman–Crippen LogP) is 17.3. The Kier molecular flexibility index (Phi) is 26.7. The van der Waals surface area contributed by atoms with Crippen molar-refractivity contribution in [2.24, 2.45) is 0 Å². The smallest absolute Gasteiger partial charge is 0.416 e. The van der Waals surface area contributed by atoms with E-state index in [0.717, 1.165) is 34.8 Å². The van der Waals surface area contributed by atoms with E-state index in [1.54, 1.807) is 36.4 Å². The molecule has 0 spiro atoms. The number of hydrogen-bond acceptors (Lipinski definition) is 30. The fourth-order valence-electron chi connectivity index (χ4n) is 12.3. The van der Waals surface area contributed by atoms with Crippen LogP contribution in [0.15, 0.2) is 261 Å². The summed E-state index contributed by atoms with van der Waals surface area (Å²) in [5.41, 5.74) is 77.1. The van der Waals surface area contributed by atoms with Gasteiger partial charge in [-0.15, -0.1) is 0 Å². The summed E-state index contributed by atoms with van der Waals surface area (Å²) in [7, 11) is 0. The third-order valence-corrected chi connectivity index (χ3v) is 18.4. The first-order valence-electron chi connectivity index (χ1n) is 37.8. The number of halogens is 5. The van der Waals surface area contributed by atoms with Crippen LogP contribution in [0.25, 0.3) is 65.4 Å². The van der Waals surface area contributed by atoms with Gasteiger partial charge in [-0.2, -0.15) is 43.1 Å². The van der Waals surface area contributed by atoms with Crippen LogP contribution in [0.4, 0.5) is 88.2 Å². The van der Waals surface area contributed by atoms with E-state index in [-0.39, 0.29) is 59.7 Å². The van der Waals surface area contributed by atoms with E-state index in [0.29, 0.717) is 153 Å². The zero-order valence-corrected chi connectivity index (χ0v) is 67.3. The summed E-state index contributed by atoms with van der Waals surface area (Å²) in [6.07, 6.45) is -4.36. The molecular weight excluding hydrogens is 1620 g/mol. The number of anilines is 12. The van der Waals surface area contributed by atoms with E-state index >= 15 is 0 Å². The molecule has 35 heteroatoms. The molecule has 0 amide bonds. The molecule has 6 heterocycles. The number of nitrogen functional groups attached to an aromatic ring is 12. The van der Waals surface area contributed by atoms with E-state index in [1.165, 1.54) is 47.5 Å². The van der Waals surface area contributed by atoms with Crippen molar-refractivity contribution < 1.29 is 46.0 Å². The second-order valence-corrected chi connectivity index (χ2v) is 27.7. The number of fused-ring (bicyclic) bond motifs is 6. The van der Waals surface area contributed by atoms with Gasteiger partial charge in [0, 0.05) is 5.02 Å². The quantitative estimate of drug-likeness (QED) is 0.0424. The molecule has 125 heavy (non-hydrogen) atoms. The predicted molar refractivity (Wildman–Crippen MR) is 481 cm³/mol. The number of nitrogens with two attached hydrogens (primary N) is 12. The zero-order valence-electron chi connectivity index (χ0n) is 66.6. The Bertz CT molecular complexity index is 6580. The first-order chi connectivity index (χ1) is 60.1. The number of rotatable bonds is 15. The van der Waals surface area contributed by atoms with Crippen LogP contribution in [0.3, 0.4) is 0 Å². The fourth-order valence-corrected chi connectivity index (χ4v) is 12.4. The number of nitrogens with zero attached hydrogens (tertiary/aromatic N) is 12. The molecular formula is C90H79ClF4N24O6. The Morgan fingerprint density at radius 1 is 0.264 bits per heavy atom. The van der Waals surface area contributed by atoms with E-state index in [4.69, 9.17) is 109 Å². The van der Waals surface area contributed by atoms with Gasteiger partial charge in [-0.25, -0.2) is 34.3 Å². The van der Waals surface area contributed by atoms with Crippen molar-refractivity contribution in [3.8, 4) is 51.7 Å². The summed E-state index contributed by atoms with van der Waals surface area (Å²) in [5, 5.41) is 4.48. The van der Waals surface area contributed by atoms with Gasteiger partial charge >= 0.3 is 6.18 Å². The van der Waals surface area contributed by atoms with Crippen LogP contribution in [0.5, 0.6) is 51.7 Å². The highest BCUT2D eigenvalue weighted by molar-refractivity contribution is 6.30. The Balaban J connectivity index is 0.000000129. The van der Waals surface area contributed by atoms with Gasteiger partial charge in [0.25, 0.3) is 0 Å². The summed E-state index contributed by atoms with van der Waals surface area (Å²) in [6.45, 7) is 5.03. The lowest BCUT2D eigenvalue weighted by Gasteiger charge is -2.11. The maximum absolute atomic E-state index is 12.9. The zero-order chi connectivity index (χ0) is 88.4. The number of para-hydroxylation sites is 1. The van der Waals surface area contributed by atoms with Crippen molar-refractivity contribution in [3.05, 3.63) is 305 Å². The van der Waals surface area contributed by atoms with Gasteiger partial charge in [-0.05, 0) is 176 Å². The van der Waals surface area contributed by atoms with Gasteiger partial charge in [0.2, 0.25) is 35.7 Å². The van der Waals surface area contributed by atoms with E-state index in [9.17, 15) is 17.6 Å². The van der Waals surface area contributed by atoms with E-state index in [1.807, 2.05) is 171 Å². The molecule has 0 aliphatic carbocycles. The lowest BCUT2D eigenvalue weighted by Crippen LogP contribution is -2.05. The molecule has 0 saturated heterocycles. The highest BCUT2D eigenvalue weighted by atomic mass is 35.5. The van der Waals surface area contributed by atoms with Crippen LogP contribution in [-0.4, -0.2) is 59.8 Å². The van der Waals surface area contributed by atoms with Gasteiger partial charge in [0.1, 0.15) is 112 Å². The second kappa shape index (κ2) is 38.9. The minimum absolute atomic E-state index is 0.0555. The van der Waals surface area contributed by atoms with Crippen molar-refractivity contribution in [2.75, 3.05) is 68.8 Å². The summed E-state index contributed by atoms with van der Waals surface area (Å²) in [6, 6.07) is 75.8. The Morgan fingerprint density at radius 3 is 0.792 bits per heavy atom. The summed E-state index contributed by atoms with van der Waals surface area (Å²) in [4.78, 5) is 48.5. The standard InChI is InChI=1S/C16H13F3N4O.C16H16N4O.C15H13ClN4O.C15H14N4O.C14H11FN4O.C14H12N4O/c17-16(18,19)10-6-4-9(5-7-10)8-24-12-3-1-2-11-13(12)14(20)23-15(21)22-11;1-10-5-7-11(8-6-10)9-21-13-4-2-3-12-14(13)15(17)20-16(18)19-12;16-10-6-4-9(5-7-10)8-21-12-3-1-2-11-13(12)14(17)20-15(18)19-11;1-9-5-7-10(8-6-9)20-12-4-2-3-11-13(12)14(16)19-15(17)18-11;15-8-4-6-9(7-5-8)20-11-3-1-2-10-12(11)13(16)19-14(17)18-10;15-13-12-10(17-14(16)18-13)7-4-8-11(12)19-9-5-2-1-3-6-9/h1-7H,8H2,(H4,20,21,22,23);2-8H,9H2,1H3,(H4,17,18,19,20);1-7H,8H2,(H4,17,18,19,20);2-8H,1H3,(H4,16,17,18,19);1-7H,(H4,16,17,18,19);1-8H,(H4,15,16,17,18). The summed E-state index contributed by atoms with van der Waals surface area (Å²) < 4.78 is 85.3. The van der Waals surface area contributed by atoms with Crippen molar-refractivity contribution in [1.29, 1.82) is 0 Å². The number of aryl methyl sites for hydroxylation is 2. The highest BCUT2D eigenvalue weighted by Gasteiger charge is 2.30. The van der Waals surface area contributed by atoms with Gasteiger partial charge < -0.3 is 97.2 Å². The van der Waals surface area contributed by atoms with Gasteiger partial charge in [0.05, 0.1) is 71.0 Å². The van der Waals surface area contributed by atoms with Crippen molar-refractivity contribution in [3.63, 3.8) is 0 Å². The lowest BCUT2D eigenvalue weighted by atomic mass is 10.1. The molecule has 0 unspecified atom stereocenters. The van der Waals surface area contributed by atoms with Crippen LogP contribution >= 0.6 is 11.6 Å². The normalized spacial score (nSPS) is 10.8. The second-order valence-electron chi connectivity index (χ2n) is 27.3. The van der Waals surface area contributed by atoms with Gasteiger partial charge in [-0.3, -0.25) is 0 Å². The van der Waals surface area contributed by atoms with Gasteiger partial charge in [-0.1, -0.05) is 138 Å². The molecule has 18 aromatic rings. The third kappa shape index (κ3) is 22.3. The Hall–Kier alpha value is -16.9. The summed E-state index contributed by atoms with van der Waals surface area (Å²) >= 11 is 5.86. The number of ether oxygens (including phenoxy) is 6. The van der Waals surface area contributed by atoms with Gasteiger partial charge in [0.15, 0.2) is 0 Å². The molecule has 0 saturated carbocycles. The lowest BCUT2D eigenvalue weighted by molar-refractivity contribution is -0.137. The number of aromatic nitrogens is 12. The van der Waals surface area contributed by atoms with Crippen molar-refractivity contribution in [1.82, 2.24) is 59.8 Å². The first-order valence-corrected chi connectivity index (χ1v) is 38.1. The minimum atomic E-state index is -4.36. The molecule has 0 atom stereocenters. The molecule has 0 fully saturated rings. The molecule has 0 aliphatic heterocycles. The first kappa shape index (κ1) is 86.0. The van der Waals surface area contributed by atoms with Crippen LogP contribution in [0.1, 0.15) is 33.4 Å². The van der Waals surface area contributed by atoms with Crippen molar-refractivity contribution in [2.45, 2.75) is 39.8 Å². The fraction of sp³-hybridized carbons (Fsp3) is 0.0667. The largest absolute Gasteiger partial charge is 0.488 e. The van der Waals surface area contributed by atoms with Crippen LogP contribution in [-0.2, 0) is 26.0 Å². The monoisotopic (exact) mass is 1700 g/mol. The number of hydrogen-bond donors (Lipinski definition) is 12. The maximum atomic E-state index is 12.9. The van der Waals surface area contributed by atoms with Crippen molar-refractivity contribution >= 4 is 148 Å².